The Morgan fingerprint density at radius 2 is 1.66 bits per heavy atom. The predicted octanol–water partition coefficient (Wildman–Crippen LogP) is 5.66. The lowest BCUT2D eigenvalue weighted by Crippen LogP contribution is -2.28. The first-order chi connectivity index (χ1) is 15.5. The summed E-state index contributed by atoms with van der Waals surface area (Å²) in [6, 6.07) is 25.4. The minimum atomic E-state index is -0.181. The van der Waals surface area contributed by atoms with Crippen LogP contribution in [0.1, 0.15) is 40.1 Å². The summed E-state index contributed by atoms with van der Waals surface area (Å²) in [6.07, 6.45) is 0. The van der Waals surface area contributed by atoms with E-state index in [4.69, 9.17) is 9.84 Å². The van der Waals surface area contributed by atoms with Crippen molar-refractivity contribution in [2.45, 2.75) is 26.8 Å². The molecule has 0 fully saturated rings. The molecule has 162 valence electrons. The number of hydrogen-bond acceptors (Lipinski definition) is 3. The first kappa shape index (κ1) is 21.4. The number of aryl methyl sites for hydroxylation is 2. The van der Waals surface area contributed by atoms with Gasteiger partial charge in [-0.25, -0.2) is 4.68 Å². The third kappa shape index (κ3) is 4.42. The fraction of sp³-hybridized carbons (Fsp3) is 0.185. The summed E-state index contributed by atoms with van der Waals surface area (Å²) in [5, 5.41) is 7.90. The van der Waals surface area contributed by atoms with E-state index in [0.29, 0.717) is 5.69 Å². The van der Waals surface area contributed by atoms with Crippen LogP contribution in [0.2, 0.25) is 0 Å². The maximum absolute atomic E-state index is 13.3. The largest absolute Gasteiger partial charge is 0.497 e. The van der Waals surface area contributed by atoms with Gasteiger partial charge in [0.2, 0.25) is 0 Å². The molecule has 0 spiro atoms. The van der Waals surface area contributed by atoms with Crippen LogP contribution < -0.4 is 10.1 Å². The number of ether oxygens (including phenoxy) is 1. The molecule has 5 heteroatoms. The van der Waals surface area contributed by atoms with E-state index in [0.717, 1.165) is 28.3 Å². The van der Waals surface area contributed by atoms with Crippen LogP contribution in [0.25, 0.3) is 16.9 Å². The molecular weight excluding hydrogens is 398 g/mol. The van der Waals surface area contributed by atoms with E-state index in [1.54, 1.807) is 11.8 Å². The van der Waals surface area contributed by atoms with Crippen LogP contribution in [-0.2, 0) is 0 Å². The molecule has 3 aromatic carbocycles. The molecule has 1 heterocycles. The molecule has 0 radical (unpaired) electrons. The van der Waals surface area contributed by atoms with E-state index in [1.165, 1.54) is 11.1 Å². The molecule has 32 heavy (non-hydrogen) atoms. The maximum atomic E-state index is 13.3. The summed E-state index contributed by atoms with van der Waals surface area (Å²) in [7, 11) is 1.63. The van der Waals surface area contributed by atoms with Gasteiger partial charge in [-0.1, -0.05) is 42.5 Å². The number of benzene rings is 3. The van der Waals surface area contributed by atoms with Gasteiger partial charge in [0.15, 0.2) is 0 Å². The van der Waals surface area contributed by atoms with E-state index >= 15 is 0 Å². The molecule has 5 nitrogen and oxygen atoms in total. The molecule has 1 atom stereocenters. The molecule has 1 aromatic heterocycles. The Kier molecular flexibility index (Phi) is 6.08. The van der Waals surface area contributed by atoms with Gasteiger partial charge in [0.1, 0.15) is 11.4 Å². The molecule has 0 aliphatic rings. The van der Waals surface area contributed by atoms with Gasteiger partial charge in [0, 0.05) is 5.56 Å². The Balaban J connectivity index is 1.73. The third-order valence-electron chi connectivity index (χ3n) is 5.71. The minimum Gasteiger partial charge on any atom is -0.497 e. The highest BCUT2D eigenvalue weighted by molar-refractivity contribution is 5.94. The van der Waals surface area contributed by atoms with Gasteiger partial charge >= 0.3 is 0 Å². The zero-order chi connectivity index (χ0) is 22.7. The summed E-state index contributed by atoms with van der Waals surface area (Å²) in [5.74, 6) is 0.568. The summed E-state index contributed by atoms with van der Waals surface area (Å²) < 4.78 is 6.97. The Hall–Kier alpha value is -3.86. The zero-order valence-electron chi connectivity index (χ0n) is 18.8. The molecule has 4 aromatic rings. The van der Waals surface area contributed by atoms with Crippen LogP contribution >= 0.6 is 0 Å². The summed E-state index contributed by atoms with van der Waals surface area (Å²) >= 11 is 0. The van der Waals surface area contributed by atoms with Crippen LogP contribution in [-0.4, -0.2) is 22.8 Å². The second-order valence-electron chi connectivity index (χ2n) is 7.93. The van der Waals surface area contributed by atoms with Crippen molar-refractivity contribution in [2.75, 3.05) is 7.11 Å². The number of nitrogens with one attached hydrogen (secondary N) is 1. The Labute approximate surface area is 188 Å². The summed E-state index contributed by atoms with van der Waals surface area (Å²) in [5.41, 5.74) is 6.45. The first-order valence-electron chi connectivity index (χ1n) is 10.6. The summed E-state index contributed by atoms with van der Waals surface area (Å²) in [6.45, 7) is 6.14. The van der Waals surface area contributed by atoms with Crippen molar-refractivity contribution in [3.63, 3.8) is 0 Å². The van der Waals surface area contributed by atoms with E-state index in [9.17, 15) is 4.79 Å². The molecule has 0 saturated carbocycles. The lowest BCUT2D eigenvalue weighted by Gasteiger charge is -2.15. The average molecular weight is 426 g/mol. The summed E-state index contributed by atoms with van der Waals surface area (Å²) in [4.78, 5) is 13.3. The lowest BCUT2D eigenvalue weighted by molar-refractivity contribution is 0.0932. The number of aromatic nitrogens is 2. The van der Waals surface area contributed by atoms with E-state index in [-0.39, 0.29) is 11.9 Å². The minimum absolute atomic E-state index is 0.131. The first-order valence-corrected chi connectivity index (χ1v) is 10.6. The van der Waals surface area contributed by atoms with Crippen molar-refractivity contribution in [2.24, 2.45) is 0 Å². The molecule has 0 saturated heterocycles. The molecule has 1 unspecified atom stereocenters. The van der Waals surface area contributed by atoms with Crippen LogP contribution in [0.3, 0.4) is 0 Å². The molecule has 0 aliphatic heterocycles. The van der Waals surface area contributed by atoms with Gasteiger partial charge in [-0.2, -0.15) is 5.10 Å². The average Bonchev–Trinajstić information content (AvgIpc) is 3.27. The smallest absolute Gasteiger partial charge is 0.270 e. The Bertz CT molecular complexity index is 1230. The quantitative estimate of drug-likeness (QED) is 0.434. The van der Waals surface area contributed by atoms with Gasteiger partial charge in [-0.15, -0.1) is 0 Å². The van der Waals surface area contributed by atoms with Gasteiger partial charge in [0.05, 0.1) is 24.5 Å². The van der Waals surface area contributed by atoms with Gasteiger partial charge in [-0.05, 0) is 73.9 Å². The van der Waals surface area contributed by atoms with E-state index in [1.807, 2.05) is 73.7 Å². The number of methoxy groups -OCH3 is 1. The maximum Gasteiger partial charge on any atom is 0.270 e. The Morgan fingerprint density at radius 1 is 0.938 bits per heavy atom. The number of carbonyl (C=O) groups is 1. The standard InChI is InChI=1S/C27H27N3O2/c1-18-10-11-22(16-19(18)2)25-17-26(27(31)28-20(3)21-8-6-5-7-9-21)30(29-25)23-12-14-24(32-4)15-13-23/h5-17,20H,1-4H3,(H,28,31). The number of carbonyl (C=O) groups excluding carboxylic acids is 1. The lowest BCUT2D eigenvalue weighted by atomic mass is 10.0. The molecule has 1 N–H and O–H groups in total. The second-order valence-corrected chi connectivity index (χ2v) is 7.93. The van der Waals surface area contributed by atoms with Crippen LogP contribution in [0.4, 0.5) is 0 Å². The number of hydrogen-bond donors (Lipinski definition) is 1. The number of amides is 1. The third-order valence-corrected chi connectivity index (χ3v) is 5.71. The number of rotatable bonds is 6. The van der Waals surface area contributed by atoms with Crippen LogP contribution in [0.15, 0.2) is 78.9 Å². The number of nitrogens with zero attached hydrogens (tertiary/aromatic N) is 2. The fourth-order valence-electron chi connectivity index (χ4n) is 3.60. The van der Waals surface area contributed by atoms with E-state index in [2.05, 4.69) is 31.3 Å². The van der Waals surface area contributed by atoms with Crippen molar-refractivity contribution in [3.8, 4) is 22.7 Å². The van der Waals surface area contributed by atoms with Crippen LogP contribution in [0, 0.1) is 13.8 Å². The van der Waals surface area contributed by atoms with Gasteiger partial charge in [0.25, 0.3) is 5.91 Å². The predicted molar refractivity (Wildman–Crippen MR) is 127 cm³/mol. The van der Waals surface area contributed by atoms with E-state index < -0.39 is 0 Å². The zero-order valence-corrected chi connectivity index (χ0v) is 18.8. The molecule has 0 bridgehead atoms. The van der Waals surface area contributed by atoms with Crippen molar-refractivity contribution in [3.05, 3.63) is 101 Å². The fourth-order valence-corrected chi connectivity index (χ4v) is 3.60. The van der Waals surface area contributed by atoms with Crippen molar-refractivity contribution in [1.82, 2.24) is 15.1 Å². The van der Waals surface area contributed by atoms with Crippen molar-refractivity contribution >= 4 is 5.91 Å². The highest BCUT2D eigenvalue weighted by atomic mass is 16.5. The Morgan fingerprint density at radius 3 is 2.31 bits per heavy atom. The monoisotopic (exact) mass is 425 g/mol. The second kappa shape index (κ2) is 9.10. The molecule has 1 amide bonds. The topological polar surface area (TPSA) is 56.2 Å². The SMILES string of the molecule is COc1ccc(-n2nc(-c3ccc(C)c(C)c3)cc2C(=O)NC(C)c2ccccc2)cc1. The molecule has 0 aliphatic carbocycles. The molecule has 4 rings (SSSR count). The van der Waals surface area contributed by atoms with Gasteiger partial charge < -0.3 is 10.1 Å². The van der Waals surface area contributed by atoms with Gasteiger partial charge in [-0.3, -0.25) is 4.79 Å². The normalized spacial score (nSPS) is 11.8. The van der Waals surface area contributed by atoms with Crippen LogP contribution in [0.5, 0.6) is 5.75 Å². The highest BCUT2D eigenvalue weighted by Gasteiger charge is 2.20. The molecular formula is C27H27N3O2. The van der Waals surface area contributed by atoms with Crippen molar-refractivity contribution in [1.29, 1.82) is 0 Å². The van der Waals surface area contributed by atoms with Crippen molar-refractivity contribution < 1.29 is 9.53 Å². The highest BCUT2D eigenvalue weighted by Crippen LogP contribution is 2.25.